The zero-order chi connectivity index (χ0) is 12.4. The third-order valence-electron chi connectivity index (χ3n) is 3.01. The van der Waals surface area contributed by atoms with Gasteiger partial charge < -0.3 is 9.72 Å². The molecule has 0 bridgehead atoms. The van der Waals surface area contributed by atoms with E-state index in [2.05, 4.69) is 42.2 Å². The molecule has 0 unspecified atom stereocenters. The normalized spacial score (nSPS) is 10.7. The van der Waals surface area contributed by atoms with Crippen LogP contribution in [-0.2, 0) is 6.61 Å². The van der Waals surface area contributed by atoms with E-state index in [9.17, 15) is 0 Å². The molecule has 0 aliphatic heterocycles. The van der Waals surface area contributed by atoms with Crippen LogP contribution in [0.5, 0.6) is 5.75 Å². The molecule has 0 fully saturated rings. The first kappa shape index (κ1) is 10.9. The Balaban J connectivity index is 1.88. The average molecular weight is 237 g/mol. The minimum atomic E-state index is 0.602. The molecule has 0 atom stereocenters. The zero-order valence-corrected chi connectivity index (χ0v) is 10.3. The maximum Gasteiger partial charge on any atom is 0.129 e. The smallest absolute Gasteiger partial charge is 0.129 e. The van der Waals surface area contributed by atoms with Gasteiger partial charge in [-0.05, 0) is 36.2 Å². The molecular weight excluding hydrogens is 222 g/mol. The summed E-state index contributed by atoms with van der Waals surface area (Å²) in [6.45, 7) is 2.68. The van der Waals surface area contributed by atoms with Crippen molar-refractivity contribution in [2.24, 2.45) is 0 Å². The van der Waals surface area contributed by atoms with E-state index < -0.39 is 0 Å². The van der Waals surface area contributed by atoms with E-state index in [-0.39, 0.29) is 0 Å². The number of fused-ring (bicyclic) bond motifs is 1. The van der Waals surface area contributed by atoms with Gasteiger partial charge >= 0.3 is 0 Å². The van der Waals surface area contributed by atoms with Crippen LogP contribution in [0.2, 0.25) is 0 Å². The Hall–Kier alpha value is -2.22. The molecule has 0 amide bonds. The fourth-order valence-electron chi connectivity index (χ4n) is 2.13. The van der Waals surface area contributed by atoms with Gasteiger partial charge in [0.25, 0.3) is 0 Å². The number of hydrogen-bond acceptors (Lipinski definition) is 1. The third-order valence-corrected chi connectivity index (χ3v) is 3.01. The summed E-state index contributed by atoms with van der Waals surface area (Å²) < 4.78 is 5.92. The molecule has 1 heterocycles. The molecule has 0 aliphatic carbocycles. The van der Waals surface area contributed by atoms with Crippen molar-refractivity contribution in [2.45, 2.75) is 13.5 Å². The number of aryl methyl sites for hydroxylation is 1. The SMILES string of the molecule is Cc1cc(OCc2ccccc2)c2cc[nH]c2c1. The minimum absolute atomic E-state index is 0.602. The lowest BCUT2D eigenvalue weighted by atomic mass is 10.1. The second-order valence-electron chi connectivity index (χ2n) is 4.48. The first-order valence-electron chi connectivity index (χ1n) is 6.07. The Kier molecular flexibility index (Phi) is 2.77. The molecule has 0 saturated heterocycles. The van der Waals surface area contributed by atoms with Crippen molar-refractivity contribution in [3.63, 3.8) is 0 Å². The molecule has 0 radical (unpaired) electrons. The standard InChI is InChI=1S/C16H15NO/c1-12-9-15-14(7-8-17-15)16(10-12)18-11-13-5-3-2-4-6-13/h2-10,17H,11H2,1H3. The molecule has 0 aliphatic rings. The Morgan fingerprint density at radius 3 is 2.72 bits per heavy atom. The third kappa shape index (κ3) is 2.09. The molecule has 90 valence electrons. The molecule has 2 aromatic carbocycles. The van der Waals surface area contributed by atoms with E-state index >= 15 is 0 Å². The first-order valence-corrected chi connectivity index (χ1v) is 6.07. The predicted molar refractivity (Wildman–Crippen MR) is 73.8 cm³/mol. The number of aromatic nitrogens is 1. The van der Waals surface area contributed by atoms with Crippen molar-refractivity contribution >= 4 is 10.9 Å². The summed E-state index contributed by atoms with van der Waals surface area (Å²) in [5, 5.41) is 1.14. The summed E-state index contributed by atoms with van der Waals surface area (Å²) in [7, 11) is 0. The molecule has 1 aromatic heterocycles. The van der Waals surface area contributed by atoms with Gasteiger partial charge in [0.1, 0.15) is 12.4 Å². The maximum absolute atomic E-state index is 5.92. The Bertz CT molecular complexity index is 655. The van der Waals surface area contributed by atoms with Crippen LogP contribution in [0.4, 0.5) is 0 Å². The molecule has 18 heavy (non-hydrogen) atoms. The van der Waals surface area contributed by atoms with Gasteiger partial charge in [-0.3, -0.25) is 0 Å². The second kappa shape index (κ2) is 4.57. The first-order chi connectivity index (χ1) is 8.83. The largest absolute Gasteiger partial charge is 0.488 e. The molecule has 0 saturated carbocycles. The van der Waals surface area contributed by atoms with Crippen LogP contribution in [0, 0.1) is 6.92 Å². The van der Waals surface area contributed by atoms with Gasteiger partial charge in [0.15, 0.2) is 0 Å². The van der Waals surface area contributed by atoms with Crippen LogP contribution >= 0.6 is 0 Å². The van der Waals surface area contributed by atoms with E-state index in [0.717, 1.165) is 16.7 Å². The molecule has 2 nitrogen and oxygen atoms in total. The Morgan fingerprint density at radius 1 is 1.06 bits per heavy atom. The molecule has 3 rings (SSSR count). The quantitative estimate of drug-likeness (QED) is 0.730. The van der Waals surface area contributed by atoms with E-state index in [1.54, 1.807) is 0 Å². The van der Waals surface area contributed by atoms with Gasteiger partial charge in [-0.2, -0.15) is 0 Å². The number of H-pyrrole nitrogens is 1. The highest BCUT2D eigenvalue weighted by Gasteiger charge is 2.04. The van der Waals surface area contributed by atoms with Crippen molar-refractivity contribution in [2.75, 3.05) is 0 Å². The van der Waals surface area contributed by atoms with Crippen LogP contribution in [0.3, 0.4) is 0 Å². The lowest BCUT2D eigenvalue weighted by molar-refractivity contribution is 0.310. The Morgan fingerprint density at radius 2 is 1.89 bits per heavy atom. The van der Waals surface area contributed by atoms with E-state index in [4.69, 9.17) is 4.74 Å². The van der Waals surface area contributed by atoms with Crippen molar-refractivity contribution in [3.8, 4) is 5.75 Å². The second-order valence-corrected chi connectivity index (χ2v) is 4.48. The van der Waals surface area contributed by atoms with Crippen molar-refractivity contribution < 1.29 is 4.74 Å². The molecule has 3 aromatic rings. The van der Waals surface area contributed by atoms with Crippen molar-refractivity contribution in [1.29, 1.82) is 0 Å². The minimum Gasteiger partial charge on any atom is -0.488 e. The highest BCUT2D eigenvalue weighted by atomic mass is 16.5. The molecule has 1 N–H and O–H groups in total. The summed E-state index contributed by atoms with van der Waals surface area (Å²) >= 11 is 0. The summed E-state index contributed by atoms with van der Waals surface area (Å²) in [4.78, 5) is 3.22. The van der Waals surface area contributed by atoms with Gasteiger partial charge in [-0.25, -0.2) is 0 Å². The molecule has 2 heteroatoms. The van der Waals surface area contributed by atoms with Crippen LogP contribution in [-0.4, -0.2) is 4.98 Å². The van der Waals surface area contributed by atoms with Gasteiger partial charge in [-0.1, -0.05) is 30.3 Å². The number of nitrogens with one attached hydrogen (secondary N) is 1. The molecule has 0 spiro atoms. The maximum atomic E-state index is 5.92. The van der Waals surface area contributed by atoms with E-state index in [1.807, 2.05) is 24.4 Å². The van der Waals surface area contributed by atoms with Gasteiger partial charge in [0, 0.05) is 17.1 Å². The van der Waals surface area contributed by atoms with Crippen LogP contribution in [0.1, 0.15) is 11.1 Å². The summed E-state index contributed by atoms with van der Waals surface area (Å²) in [5.74, 6) is 0.940. The number of hydrogen-bond donors (Lipinski definition) is 1. The average Bonchev–Trinajstić information content (AvgIpc) is 2.85. The van der Waals surface area contributed by atoms with Crippen LogP contribution in [0.25, 0.3) is 10.9 Å². The number of ether oxygens (including phenoxy) is 1. The zero-order valence-electron chi connectivity index (χ0n) is 10.3. The summed E-state index contributed by atoms with van der Waals surface area (Å²) in [6, 6.07) is 16.5. The number of benzene rings is 2. The predicted octanol–water partition coefficient (Wildman–Crippen LogP) is 4.06. The van der Waals surface area contributed by atoms with E-state index in [0.29, 0.717) is 6.61 Å². The summed E-state index contributed by atoms with van der Waals surface area (Å²) in [5.41, 5.74) is 3.51. The lowest BCUT2D eigenvalue weighted by Gasteiger charge is -2.08. The van der Waals surface area contributed by atoms with Crippen molar-refractivity contribution in [3.05, 3.63) is 65.9 Å². The molecular formula is C16H15NO. The van der Waals surface area contributed by atoms with Gasteiger partial charge in [-0.15, -0.1) is 0 Å². The van der Waals surface area contributed by atoms with Gasteiger partial charge in [0.05, 0.1) is 0 Å². The van der Waals surface area contributed by atoms with E-state index in [1.165, 1.54) is 11.1 Å². The summed E-state index contributed by atoms with van der Waals surface area (Å²) in [6.07, 6.45) is 1.94. The Labute approximate surface area is 106 Å². The van der Waals surface area contributed by atoms with Crippen LogP contribution in [0.15, 0.2) is 54.7 Å². The number of aromatic amines is 1. The highest BCUT2D eigenvalue weighted by Crippen LogP contribution is 2.27. The monoisotopic (exact) mass is 237 g/mol. The topological polar surface area (TPSA) is 25.0 Å². The fraction of sp³-hybridized carbons (Fsp3) is 0.125. The van der Waals surface area contributed by atoms with Crippen molar-refractivity contribution in [1.82, 2.24) is 4.98 Å². The number of rotatable bonds is 3. The highest BCUT2D eigenvalue weighted by molar-refractivity contribution is 5.86. The lowest BCUT2D eigenvalue weighted by Crippen LogP contribution is -1.95. The fourth-order valence-corrected chi connectivity index (χ4v) is 2.13. The van der Waals surface area contributed by atoms with Crippen LogP contribution < -0.4 is 4.74 Å². The van der Waals surface area contributed by atoms with Gasteiger partial charge in [0.2, 0.25) is 0 Å².